The monoisotopic (exact) mass is 554 g/mol. The SMILES string of the molecule is Cc1ccc(/N=C/c2ccc(COOc3cccc(OC(=O)c4ccc(/C=N/c5ccc(C)cc5)cc4)c3)cc2)cc1. The van der Waals surface area contributed by atoms with Crippen molar-refractivity contribution >= 4 is 29.8 Å². The quantitative estimate of drug-likeness (QED) is 0.0570. The largest absolute Gasteiger partial charge is 0.423 e. The summed E-state index contributed by atoms with van der Waals surface area (Å²) >= 11 is 0. The number of rotatable bonds is 10. The molecule has 0 fully saturated rings. The van der Waals surface area contributed by atoms with Crippen molar-refractivity contribution in [2.45, 2.75) is 20.5 Å². The van der Waals surface area contributed by atoms with E-state index >= 15 is 0 Å². The number of aliphatic imine (C=N–C) groups is 2. The highest BCUT2D eigenvalue weighted by atomic mass is 17.2. The van der Waals surface area contributed by atoms with Crippen LogP contribution in [-0.2, 0) is 11.5 Å². The molecule has 0 saturated heterocycles. The Bertz CT molecular complexity index is 1670. The Morgan fingerprint density at radius 2 is 1.17 bits per heavy atom. The molecule has 6 nitrogen and oxygen atoms in total. The normalized spacial score (nSPS) is 11.2. The molecule has 0 aliphatic carbocycles. The van der Waals surface area contributed by atoms with E-state index in [-0.39, 0.29) is 6.61 Å². The van der Waals surface area contributed by atoms with Gasteiger partial charge in [-0.25, -0.2) is 4.79 Å². The van der Waals surface area contributed by atoms with E-state index in [2.05, 4.69) is 16.9 Å². The Morgan fingerprint density at radius 3 is 1.74 bits per heavy atom. The van der Waals surface area contributed by atoms with Crippen LogP contribution in [0.5, 0.6) is 11.5 Å². The van der Waals surface area contributed by atoms with Gasteiger partial charge in [-0.05, 0) is 79.1 Å². The summed E-state index contributed by atoms with van der Waals surface area (Å²) < 4.78 is 5.54. The minimum atomic E-state index is -0.471. The van der Waals surface area contributed by atoms with Crippen LogP contribution in [0.1, 0.15) is 38.2 Å². The van der Waals surface area contributed by atoms with Crippen LogP contribution in [0, 0.1) is 13.8 Å². The fourth-order valence-corrected chi connectivity index (χ4v) is 3.89. The second-order valence-corrected chi connectivity index (χ2v) is 9.76. The molecule has 0 aliphatic heterocycles. The van der Waals surface area contributed by atoms with Crippen molar-refractivity contribution in [1.29, 1.82) is 0 Å². The summed E-state index contributed by atoms with van der Waals surface area (Å²) in [5.74, 6) is 0.300. The summed E-state index contributed by atoms with van der Waals surface area (Å²) in [5.41, 5.74) is 7.40. The Morgan fingerprint density at radius 1 is 0.643 bits per heavy atom. The van der Waals surface area contributed by atoms with Crippen LogP contribution in [0.3, 0.4) is 0 Å². The van der Waals surface area contributed by atoms with Gasteiger partial charge in [0.15, 0.2) is 5.75 Å². The molecule has 0 bridgehead atoms. The van der Waals surface area contributed by atoms with Gasteiger partial charge in [0.1, 0.15) is 12.4 Å². The fourth-order valence-electron chi connectivity index (χ4n) is 3.89. The molecule has 5 aromatic carbocycles. The van der Waals surface area contributed by atoms with Gasteiger partial charge in [-0.3, -0.25) is 9.98 Å². The lowest BCUT2D eigenvalue weighted by atomic mass is 10.1. The number of carbonyl (C=O) groups excluding carboxylic acids is 1. The van der Waals surface area contributed by atoms with E-state index in [1.165, 1.54) is 11.1 Å². The second-order valence-electron chi connectivity index (χ2n) is 9.76. The Hall–Kier alpha value is -5.33. The van der Waals surface area contributed by atoms with Crippen molar-refractivity contribution < 1.29 is 19.3 Å². The van der Waals surface area contributed by atoms with Gasteiger partial charge < -0.3 is 9.62 Å². The average molecular weight is 555 g/mol. The molecule has 0 unspecified atom stereocenters. The highest BCUT2D eigenvalue weighted by Crippen LogP contribution is 2.22. The second kappa shape index (κ2) is 13.8. The number of hydrogen-bond acceptors (Lipinski definition) is 6. The molecule has 0 aromatic heterocycles. The summed E-state index contributed by atoms with van der Waals surface area (Å²) in [4.78, 5) is 32.5. The highest BCUT2D eigenvalue weighted by molar-refractivity contribution is 5.92. The van der Waals surface area contributed by atoms with Crippen LogP contribution in [0.2, 0.25) is 0 Å². The van der Waals surface area contributed by atoms with Crippen molar-refractivity contribution in [2.24, 2.45) is 9.98 Å². The van der Waals surface area contributed by atoms with Crippen LogP contribution in [0.4, 0.5) is 11.4 Å². The first-order valence-electron chi connectivity index (χ1n) is 13.5. The molecular formula is C36H30N2O4. The van der Waals surface area contributed by atoms with Crippen molar-refractivity contribution in [3.8, 4) is 11.5 Å². The Kier molecular flexibility index (Phi) is 9.29. The summed E-state index contributed by atoms with van der Waals surface area (Å²) in [6.07, 6.45) is 3.59. The number of esters is 1. The van der Waals surface area contributed by atoms with Gasteiger partial charge >= 0.3 is 5.97 Å². The van der Waals surface area contributed by atoms with Crippen LogP contribution < -0.4 is 9.62 Å². The molecular weight excluding hydrogens is 524 g/mol. The predicted molar refractivity (Wildman–Crippen MR) is 167 cm³/mol. The molecule has 0 spiro atoms. The van der Waals surface area contributed by atoms with E-state index in [9.17, 15) is 4.79 Å². The number of benzene rings is 5. The first-order valence-corrected chi connectivity index (χ1v) is 13.5. The standard InChI is InChI=1S/C36H30N2O4/c1-26-6-18-32(19-7-26)37-23-28-10-12-30(13-11-28)25-40-42-35-5-3-4-34(22-35)41-36(39)31-16-14-29(15-17-31)24-38-33-20-8-27(2)9-21-33/h3-24H,25H2,1-2H3/b37-23+,38-24+. The average Bonchev–Trinajstić information content (AvgIpc) is 3.02. The number of nitrogens with zero attached hydrogens (tertiary/aromatic N) is 2. The third-order valence-electron chi connectivity index (χ3n) is 6.32. The molecule has 5 rings (SSSR count). The van der Waals surface area contributed by atoms with Crippen molar-refractivity contribution in [1.82, 2.24) is 0 Å². The maximum absolute atomic E-state index is 12.7. The third-order valence-corrected chi connectivity index (χ3v) is 6.32. The van der Waals surface area contributed by atoms with Gasteiger partial charge in [-0.15, -0.1) is 0 Å². The topological polar surface area (TPSA) is 69.5 Å². The molecule has 0 radical (unpaired) electrons. The maximum atomic E-state index is 12.7. The molecule has 5 aromatic rings. The molecule has 0 amide bonds. The summed E-state index contributed by atoms with van der Waals surface area (Å²) in [7, 11) is 0. The minimum Gasteiger partial charge on any atom is -0.423 e. The van der Waals surface area contributed by atoms with Crippen LogP contribution in [0.15, 0.2) is 131 Å². The molecule has 6 heteroatoms. The van der Waals surface area contributed by atoms with E-state index in [0.717, 1.165) is 28.1 Å². The van der Waals surface area contributed by atoms with Crippen molar-refractivity contribution in [2.75, 3.05) is 0 Å². The van der Waals surface area contributed by atoms with E-state index in [1.807, 2.05) is 98.1 Å². The maximum Gasteiger partial charge on any atom is 0.343 e. The van der Waals surface area contributed by atoms with Gasteiger partial charge in [0.2, 0.25) is 0 Å². The van der Waals surface area contributed by atoms with E-state index in [0.29, 0.717) is 17.1 Å². The first kappa shape index (κ1) is 28.2. The lowest BCUT2D eigenvalue weighted by molar-refractivity contribution is -0.217. The van der Waals surface area contributed by atoms with E-state index in [4.69, 9.17) is 14.5 Å². The zero-order valence-electron chi connectivity index (χ0n) is 23.4. The predicted octanol–water partition coefficient (Wildman–Crippen LogP) is 8.53. The molecule has 208 valence electrons. The molecule has 0 heterocycles. The lowest BCUT2D eigenvalue weighted by Gasteiger charge is -2.08. The van der Waals surface area contributed by atoms with Gasteiger partial charge in [0, 0.05) is 18.5 Å². The number of ether oxygens (including phenoxy) is 1. The van der Waals surface area contributed by atoms with E-state index < -0.39 is 5.97 Å². The summed E-state index contributed by atoms with van der Waals surface area (Å²) in [6, 6.07) is 37.7. The van der Waals surface area contributed by atoms with Gasteiger partial charge in [-0.1, -0.05) is 77.9 Å². The molecule has 0 N–H and O–H groups in total. The van der Waals surface area contributed by atoms with Crippen LogP contribution in [-0.4, -0.2) is 18.4 Å². The molecule has 42 heavy (non-hydrogen) atoms. The van der Waals surface area contributed by atoms with Crippen molar-refractivity contribution in [3.05, 3.63) is 155 Å². The fraction of sp³-hybridized carbons (Fsp3) is 0.0833. The number of aryl methyl sites for hydroxylation is 2. The van der Waals surface area contributed by atoms with Gasteiger partial charge in [0.25, 0.3) is 0 Å². The number of hydrogen-bond donors (Lipinski definition) is 0. The minimum absolute atomic E-state index is 0.249. The summed E-state index contributed by atoms with van der Waals surface area (Å²) in [6.45, 7) is 4.34. The van der Waals surface area contributed by atoms with Crippen LogP contribution >= 0.6 is 0 Å². The molecule has 0 aliphatic rings. The van der Waals surface area contributed by atoms with E-state index in [1.54, 1.807) is 42.6 Å². The molecule has 0 saturated carbocycles. The third kappa shape index (κ3) is 8.34. The Labute approximate surface area is 245 Å². The highest BCUT2D eigenvalue weighted by Gasteiger charge is 2.10. The van der Waals surface area contributed by atoms with Crippen molar-refractivity contribution in [3.63, 3.8) is 0 Å². The lowest BCUT2D eigenvalue weighted by Crippen LogP contribution is -2.08. The Balaban J connectivity index is 1.09. The zero-order chi connectivity index (χ0) is 29.1. The number of carbonyl (C=O) groups is 1. The van der Waals surface area contributed by atoms with Gasteiger partial charge in [0.05, 0.1) is 16.9 Å². The zero-order valence-corrected chi connectivity index (χ0v) is 23.4. The smallest absolute Gasteiger partial charge is 0.343 e. The first-order chi connectivity index (χ1) is 20.5. The van der Waals surface area contributed by atoms with Gasteiger partial charge in [-0.2, -0.15) is 4.89 Å². The van der Waals surface area contributed by atoms with Crippen LogP contribution in [0.25, 0.3) is 0 Å². The molecule has 0 atom stereocenters. The summed E-state index contributed by atoms with van der Waals surface area (Å²) in [5, 5.41) is 0.